The molecule has 0 unspecified atom stereocenters. The smallest absolute Gasteiger partial charge is 0.240 e. The van der Waals surface area contributed by atoms with Gasteiger partial charge in [0.05, 0.1) is 11.0 Å². The highest BCUT2D eigenvalue weighted by Crippen LogP contribution is 2.19. The van der Waals surface area contributed by atoms with E-state index < -0.39 is 10.0 Å². The third kappa shape index (κ3) is 6.16. The van der Waals surface area contributed by atoms with Crippen molar-refractivity contribution in [3.05, 3.63) is 59.7 Å². The zero-order valence-corrected chi connectivity index (χ0v) is 15.8. The first-order valence-electron chi connectivity index (χ1n) is 8.40. The second-order valence-electron chi connectivity index (χ2n) is 6.16. The summed E-state index contributed by atoms with van der Waals surface area (Å²) in [5, 5.41) is 3.24. The minimum Gasteiger partial charge on any atom is -0.491 e. The van der Waals surface area contributed by atoms with Gasteiger partial charge in [-0.15, -0.1) is 0 Å². The fraction of sp³-hybridized carbons (Fsp3) is 0.368. The SMILES string of the molecule is Cc1ccc(S(=O)(=O)NCCNCc2ccccc2OC(C)C)cc1. The topological polar surface area (TPSA) is 67.4 Å². The third-order valence-electron chi connectivity index (χ3n) is 3.58. The van der Waals surface area contributed by atoms with Crippen molar-refractivity contribution in [2.45, 2.75) is 38.3 Å². The molecule has 0 spiro atoms. The molecule has 0 aromatic heterocycles. The van der Waals surface area contributed by atoms with Crippen LogP contribution in [-0.2, 0) is 16.6 Å². The Hall–Kier alpha value is -1.89. The quantitative estimate of drug-likeness (QED) is 0.673. The molecule has 2 aromatic rings. The van der Waals surface area contributed by atoms with Gasteiger partial charge >= 0.3 is 0 Å². The lowest BCUT2D eigenvalue weighted by molar-refractivity contribution is 0.239. The molecule has 0 amide bonds. The summed E-state index contributed by atoms with van der Waals surface area (Å²) >= 11 is 0. The molecule has 25 heavy (non-hydrogen) atoms. The molecule has 6 heteroatoms. The van der Waals surface area contributed by atoms with E-state index in [1.807, 2.05) is 45.0 Å². The number of ether oxygens (including phenoxy) is 1. The van der Waals surface area contributed by atoms with Gasteiger partial charge in [-0.05, 0) is 39.0 Å². The van der Waals surface area contributed by atoms with Gasteiger partial charge in [0.15, 0.2) is 0 Å². The average Bonchev–Trinajstić information content (AvgIpc) is 2.56. The molecule has 2 N–H and O–H groups in total. The van der Waals surface area contributed by atoms with E-state index in [-0.39, 0.29) is 11.0 Å². The second-order valence-corrected chi connectivity index (χ2v) is 7.93. The molecule has 0 aliphatic heterocycles. The summed E-state index contributed by atoms with van der Waals surface area (Å²) in [7, 11) is -3.46. The van der Waals surface area contributed by atoms with Crippen LogP contribution in [0.3, 0.4) is 0 Å². The van der Waals surface area contributed by atoms with Crippen molar-refractivity contribution in [3.8, 4) is 5.75 Å². The van der Waals surface area contributed by atoms with Crippen molar-refractivity contribution in [2.24, 2.45) is 0 Å². The summed E-state index contributed by atoms with van der Waals surface area (Å²) in [5.41, 5.74) is 2.08. The molecule has 0 aliphatic rings. The van der Waals surface area contributed by atoms with Crippen molar-refractivity contribution in [2.75, 3.05) is 13.1 Å². The zero-order chi connectivity index (χ0) is 18.3. The molecular formula is C19H26N2O3S. The van der Waals surface area contributed by atoms with E-state index in [0.29, 0.717) is 19.6 Å². The van der Waals surface area contributed by atoms with Crippen LogP contribution in [-0.4, -0.2) is 27.6 Å². The van der Waals surface area contributed by atoms with Gasteiger partial charge in [-0.2, -0.15) is 0 Å². The maximum Gasteiger partial charge on any atom is 0.240 e. The lowest BCUT2D eigenvalue weighted by Gasteiger charge is -2.14. The maximum absolute atomic E-state index is 12.2. The first kappa shape index (κ1) is 19.4. The first-order chi connectivity index (χ1) is 11.9. The highest BCUT2D eigenvalue weighted by molar-refractivity contribution is 7.89. The first-order valence-corrected chi connectivity index (χ1v) is 9.88. The van der Waals surface area contributed by atoms with Gasteiger partial charge in [0.2, 0.25) is 10.0 Å². The van der Waals surface area contributed by atoms with Crippen LogP contribution >= 0.6 is 0 Å². The van der Waals surface area contributed by atoms with Crippen molar-refractivity contribution >= 4 is 10.0 Å². The maximum atomic E-state index is 12.2. The van der Waals surface area contributed by atoms with Crippen LogP contribution < -0.4 is 14.8 Å². The standard InChI is InChI=1S/C19H26N2O3S/c1-15(2)24-19-7-5-4-6-17(19)14-20-12-13-21-25(22,23)18-10-8-16(3)9-11-18/h4-11,15,20-21H,12-14H2,1-3H3. The van der Waals surface area contributed by atoms with Gasteiger partial charge in [0.25, 0.3) is 0 Å². The average molecular weight is 362 g/mol. The summed E-state index contributed by atoms with van der Waals surface area (Å²) in [5.74, 6) is 0.852. The molecule has 0 saturated carbocycles. The Morgan fingerprint density at radius 3 is 2.36 bits per heavy atom. The van der Waals surface area contributed by atoms with Gasteiger partial charge in [-0.1, -0.05) is 35.9 Å². The molecule has 0 aliphatic carbocycles. The lowest BCUT2D eigenvalue weighted by atomic mass is 10.2. The summed E-state index contributed by atoms with van der Waals surface area (Å²) in [6, 6.07) is 14.7. The van der Waals surface area contributed by atoms with E-state index in [4.69, 9.17) is 4.74 Å². The molecule has 136 valence electrons. The number of rotatable bonds is 9. The number of hydrogen-bond acceptors (Lipinski definition) is 4. The van der Waals surface area contributed by atoms with Crippen LogP contribution in [0.15, 0.2) is 53.4 Å². The zero-order valence-electron chi connectivity index (χ0n) is 15.0. The minimum absolute atomic E-state index is 0.113. The predicted octanol–water partition coefficient (Wildman–Crippen LogP) is 2.85. The van der Waals surface area contributed by atoms with Crippen LogP contribution in [0.5, 0.6) is 5.75 Å². The number of sulfonamides is 1. The highest BCUT2D eigenvalue weighted by atomic mass is 32.2. The van der Waals surface area contributed by atoms with Gasteiger partial charge < -0.3 is 10.1 Å². The molecule has 0 atom stereocenters. The molecule has 2 aromatic carbocycles. The Morgan fingerprint density at radius 2 is 1.68 bits per heavy atom. The van der Waals surface area contributed by atoms with Gasteiger partial charge in [0.1, 0.15) is 5.75 Å². The van der Waals surface area contributed by atoms with Crippen molar-refractivity contribution in [1.29, 1.82) is 0 Å². The summed E-state index contributed by atoms with van der Waals surface area (Å²) in [6.07, 6.45) is 0.113. The van der Waals surface area contributed by atoms with Crippen LogP contribution in [0.1, 0.15) is 25.0 Å². The molecule has 0 radical (unpaired) electrons. The normalized spacial score (nSPS) is 11.7. The molecule has 2 rings (SSSR count). The number of benzene rings is 2. The highest BCUT2D eigenvalue weighted by Gasteiger charge is 2.12. The predicted molar refractivity (Wildman–Crippen MR) is 100 cm³/mol. The van der Waals surface area contributed by atoms with Gasteiger partial charge in [-0.25, -0.2) is 13.1 Å². The molecule has 5 nitrogen and oxygen atoms in total. The van der Waals surface area contributed by atoms with Crippen LogP contribution in [0.25, 0.3) is 0 Å². The number of aryl methyl sites for hydroxylation is 1. The monoisotopic (exact) mass is 362 g/mol. The van der Waals surface area contributed by atoms with Crippen LogP contribution in [0.2, 0.25) is 0 Å². The third-order valence-corrected chi connectivity index (χ3v) is 5.05. The molecular weight excluding hydrogens is 336 g/mol. The summed E-state index contributed by atoms with van der Waals surface area (Å²) in [6.45, 7) is 7.38. The van der Waals surface area contributed by atoms with E-state index in [9.17, 15) is 8.42 Å². The Kier molecular flexibility index (Phi) is 6.99. The molecule has 0 bridgehead atoms. The number of nitrogens with one attached hydrogen (secondary N) is 2. The number of hydrogen-bond donors (Lipinski definition) is 2. The Bertz CT molecular complexity index is 772. The Morgan fingerprint density at radius 1 is 1.00 bits per heavy atom. The fourth-order valence-electron chi connectivity index (χ4n) is 2.32. The molecule has 0 fully saturated rings. The van der Waals surface area contributed by atoms with Gasteiger partial charge in [-0.3, -0.25) is 0 Å². The molecule has 0 heterocycles. The Labute approximate surface area is 150 Å². The largest absolute Gasteiger partial charge is 0.491 e. The van der Waals surface area contributed by atoms with E-state index in [1.54, 1.807) is 24.3 Å². The van der Waals surface area contributed by atoms with Crippen LogP contribution in [0, 0.1) is 6.92 Å². The summed E-state index contributed by atoms with van der Waals surface area (Å²) < 4.78 is 32.8. The van der Waals surface area contributed by atoms with E-state index in [0.717, 1.165) is 16.9 Å². The van der Waals surface area contributed by atoms with Crippen LogP contribution in [0.4, 0.5) is 0 Å². The fourth-order valence-corrected chi connectivity index (χ4v) is 3.35. The van der Waals surface area contributed by atoms with Gasteiger partial charge in [0, 0.05) is 25.2 Å². The van der Waals surface area contributed by atoms with Crippen molar-refractivity contribution < 1.29 is 13.2 Å². The Balaban J connectivity index is 1.81. The minimum atomic E-state index is -3.46. The molecule has 0 saturated heterocycles. The van der Waals surface area contributed by atoms with E-state index >= 15 is 0 Å². The second kappa shape index (κ2) is 8.99. The summed E-state index contributed by atoms with van der Waals surface area (Å²) in [4.78, 5) is 0.286. The van der Waals surface area contributed by atoms with Crippen molar-refractivity contribution in [1.82, 2.24) is 10.0 Å². The van der Waals surface area contributed by atoms with Crippen molar-refractivity contribution in [3.63, 3.8) is 0 Å². The van der Waals surface area contributed by atoms with E-state index in [2.05, 4.69) is 10.0 Å². The van der Waals surface area contributed by atoms with E-state index in [1.165, 1.54) is 0 Å². The number of para-hydroxylation sites is 1. The lowest BCUT2D eigenvalue weighted by Crippen LogP contribution is -2.31.